The minimum atomic E-state index is -2.49. The van der Waals surface area contributed by atoms with Gasteiger partial charge in [0, 0.05) is 4.57 Å². The monoisotopic (exact) mass is 221 g/mol. The molecule has 0 aliphatic carbocycles. The summed E-state index contributed by atoms with van der Waals surface area (Å²) >= 11 is 0. The summed E-state index contributed by atoms with van der Waals surface area (Å²) in [6, 6.07) is 0. The van der Waals surface area contributed by atoms with E-state index >= 15 is 0 Å². The first-order valence-electron chi connectivity index (χ1n) is 5.25. The fraction of sp³-hybridized carbons (Fsp3) is 1.00. The van der Waals surface area contributed by atoms with Gasteiger partial charge < -0.3 is 0 Å². The third kappa shape index (κ3) is 5.69. The number of rotatable bonds is 7. The van der Waals surface area contributed by atoms with Crippen molar-refractivity contribution in [3.8, 4) is 0 Å². The molecule has 1 N–H and O–H groups in total. The molecule has 0 saturated carbocycles. The van der Waals surface area contributed by atoms with Crippen LogP contribution < -0.4 is 0 Å². The van der Waals surface area contributed by atoms with Gasteiger partial charge in [-0.05, 0) is 26.2 Å². The number of hydrogen-bond acceptors (Lipinski definition) is 2. The average Bonchev–Trinajstić information content (AvgIpc) is 2.02. The molecule has 2 unspecified atom stereocenters. The summed E-state index contributed by atoms with van der Waals surface area (Å²) in [5, 5.41) is 0. The zero-order valence-corrected chi connectivity index (χ0v) is 10.5. The molecule has 84 valence electrons. The molecule has 4 heteroatoms. The fourth-order valence-electron chi connectivity index (χ4n) is 1.34. The zero-order chi connectivity index (χ0) is 11.2. The Morgan fingerprint density at radius 3 is 2.43 bits per heavy atom. The Morgan fingerprint density at radius 1 is 1.43 bits per heavy atom. The Balaban J connectivity index is 3.93. The molecule has 0 aromatic rings. The van der Waals surface area contributed by atoms with Crippen molar-refractivity contribution in [1.29, 1.82) is 0 Å². The molecule has 0 bridgehead atoms. The highest BCUT2D eigenvalue weighted by molar-refractivity contribution is 7.32. The van der Waals surface area contributed by atoms with E-state index in [1.807, 2.05) is 13.8 Å². The Labute approximate surface area is 87.8 Å². The van der Waals surface area contributed by atoms with Gasteiger partial charge in [0.1, 0.15) is 5.60 Å². The van der Waals surface area contributed by atoms with E-state index in [1.165, 1.54) is 12.8 Å². The normalized spacial score (nSPS) is 15.4. The van der Waals surface area contributed by atoms with Gasteiger partial charge in [0.2, 0.25) is 0 Å². The highest BCUT2D eigenvalue weighted by Crippen LogP contribution is 2.33. The predicted octanol–water partition coefficient (Wildman–Crippen LogP) is 3.65. The van der Waals surface area contributed by atoms with E-state index in [9.17, 15) is 4.57 Å². The third-order valence-corrected chi connectivity index (χ3v) is 3.37. The molecule has 3 nitrogen and oxygen atoms in total. The fourth-order valence-corrected chi connectivity index (χ4v) is 1.92. The van der Waals surface area contributed by atoms with Gasteiger partial charge in [-0.1, -0.05) is 33.1 Å². The van der Waals surface area contributed by atoms with Crippen LogP contribution in [0.3, 0.4) is 0 Å². The minimum absolute atomic E-state index is 0.306. The topological polar surface area (TPSA) is 46.5 Å². The molecule has 0 fully saturated rings. The quantitative estimate of drug-likeness (QED) is 0.527. The van der Waals surface area contributed by atoms with Gasteiger partial charge in [-0.2, -0.15) is 0 Å². The first kappa shape index (κ1) is 14.0. The summed E-state index contributed by atoms with van der Waals surface area (Å²) < 4.78 is 15.6. The van der Waals surface area contributed by atoms with E-state index in [-0.39, 0.29) is 0 Å². The predicted molar refractivity (Wildman–Crippen MR) is 58.3 cm³/mol. The first-order valence-corrected chi connectivity index (χ1v) is 6.38. The molecule has 0 amide bonds. The lowest BCUT2D eigenvalue weighted by molar-refractivity contribution is 0.0436. The molecule has 2 atom stereocenters. The van der Waals surface area contributed by atoms with Crippen molar-refractivity contribution in [2.45, 2.75) is 59.0 Å². The van der Waals surface area contributed by atoms with Gasteiger partial charge in [0.25, 0.3) is 0 Å². The molecule has 0 rings (SSSR count). The molecule has 0 spiro atoms. The Kier molecular flexibility index (Phi) is 6.50. The molecule has 0 aliphatic rings. The molecular formula is C10H22O3P+. The Bertz CT molecular complexity index is 180. The van der Waals surface area contributed by atoms with Crippen molar-refractivity contribution in [2.75, 3.05) is 0 Å². The van der Waals surface area contributed by atoms with Gasteiger partial charge in [-0.15, -0.1) is 9.42 Å². The van der Waals surface area contributed by atoms with Crippen molar-refractivity contribution >= 4 is 8.25 Å². The van der Waals surface area contributed by atoms with Crippen LogP contribution >= 0.6 is 8.25 Å². The SMILES string of the molecule is CCCCCC(C)C(C)(C)O[P+](=O)O. The first-order chi connectivity index (χ1) is 6.40. The van der Waals surface area contributed by atoms with Gasteiger partial charge in [-0.3, -0.25) is 0 Å². The van der Waals surface area contributed by atoms with E-state index in [4.69, 9.17) is 9.42 Å². The van der Waals surface area contributed by atoms with Crippen molar-refractivity contribution in [3.05, 3.63) is 0 Å². The van der Waals surface area contributed by atoms with E-state index < -0.39 is 13.9 Å². The summed E-state index contributed by atoms with van der Waals surface area (Å²) in [6.07, 6.45) is 4.62. The Morgan fingerprint density at radius 2 is 2.00 bits per heavy atom. The van der Waals surface area contributed by atoms with Crippen LogP contribution in [-0.2, 0) is 9.09 Å². The van der Waals surface area contributed by atoms with Crippen LogP contribution in [0.15, 0.2) is 0 Å². The average molecular weight is 221 g/mol. The molecule has 0 saturated heterocycles. The van der Waals surface area contributed by atoms with Crippen LogP contribution in [0.4, 0.5) is 0 Å². The van der Waals surface area contributed by atoms with Crippen LogP contribution in [0.5, 0.6) is 0 Å². The largest absolute Gasteiger partial charge is 0.695 e. The van der Waals surface area contributed by atoms with E-state index in [0.29, 0.717) is 5.92 Å². The zero-order valence-electron chi connectivity index (χ0n) is 9.62. The number of hydrogen-bond donors (Lipinski definition) is 1. The lowest BCUT2D eigenvalue weighted by atomic mass is 9.88. The lowest BCUT2D eigenvalue weighted by Gasteiger charge is -2.25. The van der Waals surface area contributed by atoms with Crippen molar-refractivity contribution in [3.63, 3.8) is 0 Å². The minimum Gasteiger partial charge on any atom is -0.133 e. The molecule has 0 aromatic carbocycles. The summed E-state index contributed by atoms with van der Waals surface area (Å²) in [6.45, 7) is 7.96. The van der Waals surface area contributed by atoms with Gasteiger partial charge in [0.15, 0.2) is 0 Å². The van der Waals surface area contributed by atoms with E-state index in [1.54, 1.807) is 0 Å². The van der Waals surface area contributed by atoms with Crippen LogP contribution in [0.25, 0.3) is 0 Å². The van der Waals surface area contributed by atoms with Crippen molar-refractivity contribution in [1.82, 2.24) is 0 Å². The molecule has 0 aliphatic heterocycles. The standard InChI is InChI=1S/C10H21O3P/c1-5-6-7-8-9(2)10(3,4)13-14(11)12/h9H,5-8H2,1-4H3/p+1. The maximum atomic E-state index is 10.6. The highest BCUT2D eigenvalue weighted by atomic mass is 31.1. The van der Waals surface area contributed by atoms with Gasteiger partial charge >= 0.3 is 8.25 Å². The Hall–Kier alpha value is 0.0200. The van der Waals surface area contributed by atoms with Crippen LogP contribution in [0.1, 0.15) is 53.4 Å². The molecule has 0 heterocycles. The number of unbranched alkanes of at least 4 members (excludes halogenated alkanes) is 2. The summed E-state index contributed by atoms with van der Waals surface area (Å²) in [4.78, 5) is 8.70. The molecule has 0 aromatic heterocycles. The maximum Gasteiger partial charge on any atom is 0.695 e. The molecule has 0 radical (unpaired) electrons. The van der Waals surface area contributed by atoms with Gasteiger partial charge in [-0.25, -0.2) is 0 Å². The van der Waals surface area contributed by atoms with Crippen LogP contribution in [0.2, 0.25) is 0 Å². The van der Waals surface area contributed by atoms with Gasteiger partial charge in [0.05, 0.1) is 0 Å². The second-order valence-electron chi connectivity index (χ2n) is 4.33. The smallest absolute Gasteiger partial charge is 0.133 e. The maximum absolute atomic E-state index is 10.6. The summed E-state index contributed by atoms with van der Waals surface area (Å²) in [7, 11) is -2.49. The molecular weight excluding hydrogens is 199 g/mol. The van der Waals surface area contributed by atoms with Crippen LogP contribution in [0, 0.1) is 5.92 Å². The second-order valence-corrected chi connectivity index (χ2v) is 4.99. The second kappa shape index (κ2) is 6.49. The van der Waals surface area contributed by atoms with Crippen molar-refractivity contribution in [2.24, 2.45) is 5.92 Å². The van der Waals surface area contributed by atoms with Crippen LogP contribution in [-0.4, -0.2) is 10.5 Å². The lowest BCUT2D eigenvalue weighted by Crippen LogP contribution is -2.30. The van der Waals surface area contributed by atoms with Crippen molar-refractivity contribution < 1.29 is 14.0 Å². The van der Waals surface area contributed by atoms with E-state index in [2.05, 4.69) is 13.8 Å². The summed E-state index contributed by atoms with van der Waals surface area (Å²) in [5.41, 5.74) is -0.504. The summed E-state index contributed by atoms with van der Waals surface area (Å²) in [5.74, 6) is 0.306. The third-order valence-electron chi connectivity index (χ3n) is 2.74. The van der Waals surface area contributed by atoms with E-state index in [0.717, 1.165) is 12.8 Å². The molecule has 14 heavy (non-hydrogen) atoms. The highest BCUT2D eigenvalue weighted by Gasteiger charge is 2.35.